The van der Waals surface area contributed by atoms with Crippen LogP contribution in [0.15, 0.2) is 70.0 Å². The van der Waals surface area contributed by atoms with Crippen molar-refractivity contribution in [3.05, 3.63) is 94.3 Å². The standard InChI is InChI=1S/C30H29FN6O6/c1-17(2)23(24(39)26-35-36-28(43-26)30(13-14-30)19-9-11-20(31)12-10-19)34-22(38)16-37-25(18-7-5-4-6-8-18)32-15-21(27(37)40)33-29(41)42-3/h4-12,15,17,23H,13-14,16H2,1-3H3,(H,33,41)(H,34,38). The van der Waals surface area contributed by atoms with E-state index in [0.717, 1.165) is 17.2 Å². The van der Waals surface area contributed by atoms with Crippen LogP contribution in [-0.2, 0) is 21.5 Å². The Morgan fingerprint density at radius 3 is 2.40 bits per heavy atom. The zero-order valence-electron chi connectivity index (χ0n) is 23.7. The van der Waals surface area contributed by atoms with E-state index in [1.54, 1.807) is 56.3 Å². The largest absolute Gasteiger partial charge is 0.453 e. The van der Waals surface area contributed by atoms with Gasteiger partial charge in [-0.2, -0.15) is 0 Å². The van der Waals surface area contributed by atoms with Crippen molar-refractivity contribution in [3.63, 3.8) is 0 Å². The predicted molar refractivity (Wildman–Crippen MR) is 152 cm³/mol. The highest BCUT2D eigenvalue weighted by atomic mass is 19.1. The van der Waals surface area contributed by atoms with Crippen LogP contribution >= 0.6 is 0 Å². The van der Waals surface area contributed by atoms with Gasteiger partial charge in [-0.1, -0.05) is 56.3 Å². The molecule has 1 aliphatic rings. The molecular weight excluding hydrogens is 559 g/mol. The third-order valence-corrected chi connectivity index (χ3v) is 7.26. The van der Waals surface area contributed by atoms with E-state index in [1.165, 1.54) is 18.3 Å². The van der Waals surface area contributed by atoms with E-state index in [4.69, 9.17) is 4.42 Å². The highest BCUT2D eigenvalue weighted by Gasteiger charge is 2.51. The molecule has 1 unspecified atom stereocenters. The van der Waals surface area contributed by atoms with Crippen molar-refractivity contribution < 1.29 is 27.9 Å². The Labute approximate surface area is 245 Å². The summed E-state index contributed by atoms with van der Waals surface area (Å²) in [5, 5.41) is 13.1. The van der Waals surface area contributed by atoms with E-state index in [9.17, 15) is 23.6 Å². The first kappa shape index (κ1) is 29.3. The van der Waals surface area contributed by atoms with Crippen molar-refractivity contribution in [3.8, 4) is 11.4 Å². The van der Waals surface area contributed by atoms with Crippen molar-refractivity contribution in [1.82, 2.24) is 25.1 Å². The number of nitrogens with one attached hydrogen (secondary N) is 2. The smallest absolute Gasteiger partial charge is 0.411 e. The Balaban J connectivity index is 1.38. The fraction of sp³-hybridized carbons (Fsp3) is 0.300. The van der Waals surface area contributed by atoms with E-state index in [2.05, 4.69) is 30.6 Å². The minimum absolute atomic E-state index is 0.181. The number of aromatic nitrogens is 4. The molecule has 5 rings (SSSR count). The second-order valence-electron chi connectivity index (χ2n) is 10.5. The lowest BCUT2D eigenvalue weighted by atomic mass is 9.96. The Hall–Kier alpha value is -5.20. The zero-order chi connectivity index (χ0) is 30.7. The number of amides is 2. The van der Waals surface area contributed by atoms with Gasteiger partial charge in [0.2, 0.25) is 17.6 Å². The minimum atomic E-state index is -1.05. The van der Waals surface area contributed by atoms with Crippen LogP contribution in [0.2, 0.25) is 0 Å². The number of ketones is 1. The van der Waals surface area contributed by atoms with Crippen LogP contribution in [0.25, 0.3) is 11.4 Å². The number of ether oxygens (including phenoxy) is 1. The van der Waals surface area contributed by atoms with Gasteiger partial charge in [-0.05, 0) is 36.5 Å². The maximum Gasteiger partial charge on any atom is 0.411 e. The summed E-state index contributed by atoms with van der Waals surface area (Å²) in [7, 11) is 1.15. The molecule has 0 aliphatic heterocycles. The highest BCUT2D eigenvalue weighted by molar-refractivity contribution is 5.98. The molecule has 2 heterocycles. The van der Waals surface area contributed by atoms with Crippen LogP contribution in [0.3, 0.4) is 0 Å². The number of hydrogen-bond donors (Lipinski definition) is 2. The van der Waals surface area contributed by atoms with Gasteiger partial charge >= 0.3 is 6.09 Å². The predicted octanol–water partition coefficient (Wildman–Crippen LogP) is 3.71. The molecule has 0 bridgehead atoms. The lowest BCUT2D eigenvalue weighted by Crippen LogP contribution is -2.46. The third kappa shape index (κ3) is 6.05. The summed E-state index contributed by atoms with van der Waals surface area (Å²) in [4.78, 5) is 56.2. The summed E-state index contributed by atoms with van der Waals surface area (Å²) in [6.45, 7) is 2.97. The molecule has 2 amide bonds. The van der Waals surface area contributed by atoms with Gasteiger partial charge in [-0.25, -0.2) is 14.2 Å². The zero-order valence-corrected chi connectivity index (χ0v) is 23.7. The van der Waals surface area contributed by atoms with Crippen LogP contribution in [0.5, 0.6) is 0 Å². The number of rotatable bonds is 10. The Morgan fingerprint density at radius 1 is 1.07 bits per heavy atom. The molecular formula is C30H29FN6O6. The van der Waals surface area contributed by atoms with Crippen molar-refractivity contribution in [1.29, 1.82) is 0 Å². The molecule has 43 heavy (non-hydrogen) atoms. The average molecular weight is 589 g/mol. The van der Waals surface area contributed by atoms with Crippen LogP contribution in [-0.4, -0.2) is 50.7 Å². The molecule has 13 heteroatoms. The summed E-state index contributed by atoms with van der Waals surface area (Å²) < 4.78 is 24.9. The molecule has 2 aromatic heterocycles. The average Bonchev–Trinajstić information content (AvgIpc) is 3.66. The van der Waals surface area contributed by atoms with Crippen LogP contribution in [0, 0.1) is 11.7 Å². The SMILES string of the molecule is COC(=O)Nc1cnc(-c2ccccc2)n(CC(=O)NC(C(=O)c2nnc(C3(c4ccc(F)cc4)CC3)o2)C(C)C)c1=O. The van der Waals surface area contributed by atoms with Gasteiger partial charge in [0.25, 0.3) is 11.4 Å². The van der Waals surface area contributed by atoms with Gasteiger partial charge in [-0.3, -0.25) is 24.3 Å². The molecule has 0 saturated heterocycles. The van der Waals surface area contributed by atoms with Crippen LogP contribution < -0.4 is 16.2 Å². The van der Waals surface area contributed by atoms with E-state index < -0.39 is 41.3 Å². The van der Waals surface area contributed by atoms with Gasteiger partial charge in [0, 0.05) is 5.56 Å². The topological polar surface area (TPSA) is 158 Å². The molecule has 2 aromatic carbocycles. The second kappa shape index (κ2) is 12.0. The maximum atomic E-state index is 13.5. The molecule has 1 aliphatic carbocycles. The van der Waals surface area contributed by atoms with Gasteiger partial charge in [0.1, 0.15) is 23.9 Å². The summed E-state index contributed by atoms with van der Waals surface area (Å²) in [5.41, 5.74) is -0.103. The summed E-state index contributed by atoms with van der Waals surface area (Å²) >= 11 is 0. The van der Waals surface area contributed by atoms with Gasteiger partial charge < -0.3 is 14.5 Å². The number of anilines is 1. The molecule has 2 N–H and O–H groups in total. The molecule has 222 valence electrons. The van der Waals surface area contributed by atoms with Gasteiger partial charge in [0.05, 0.1) is 24.8 Å². The van der Waals surface area contributed by atoms with Gasteiger partial charge in [0.15, 0.2) is 0 Å². The lowest BCUT2D eigenvalue weighted by Gasteiger charge is -2.21. The number of methoxy groups -OCH3 is 1. The Morgan fingerprint density at radius 2 is 1.77 bits per heavy atom. The number of nitrogens with zero attached hydrogens (tertiary/aromatic N) is 4. The Bertz CT molecular complexity index is 1710. The highest BCUT2D eigenvalue weighted by Crippen LogP contribution is 2.52. The first-order valence-electron chi connectivity index (χ1n) is 13.6. The van der Waals surface area contributed by atoms with Crippen LogP contribution in [0.4, 0.5) is 14.9 Å². The van der Waals surface area contributed by atoms with Crippen molar-refractivity contribution >= 4 is 23.5 Å². The molecule has 0 radical (unpaired) electrons. The Kier molecular flexibility index (Phi) is 8.15. The minimum Gasteiger partial charge on any atom is -0.453 e. The molecule has 1 fully saturated rings. The first-order valence-corrected chi connectivity index (χ1v) is 13.6. The van der Waals surface area contributed by atoms with Crippen molar-refractivity contribution in [2.45, 2.75) is 44.7 Å². The van der Waals surface area contributed by atoms with E-state index in [1.807, 2.05) is 0 Å². The lowest BCUT2D eigenvalue weighted by molar-refractivity contribution is -0.122. The molecule has 4 aromatic rings. The number of carbonyl (C=O) groups excluding carboxylic acids is 3. The van der Waals surface area contributed by atoms with E-state index in [-0.39, 0.29) is 35.0 Å². The fourth-order valence-electron chi connectivity index (χ4n) is 4.77. The number of carbonyl (C=O) groups is 3. The van der Waals surface area contributed by atoms with E-state index >= 15 is 0 Å². The molecule has 12 nitrogen and oxygen atoms in total. The first-order chi connectivity index (χ1) is 20.6. The molecule has 0 spiro atoms. The number of halogens is 1. The third-order valence-electron chi connectivity index (χ3n) is 7.26. The van der Waals surface area contributed by atoms with Crippen molar-refractivity contribution in [2.24, 2.45) is 5.92 Å². The normalized spacial score (nSPS) is 14.2. The summed E-state index contributed by atoms with van der Waals surface area (Å²) in [5.74, 6) is -1.83. The van der Waals surface area contributed by atoms with E-state index in [0.29, 0.717) is 18.4 Å². The fourth-order valence-corrected chi connectivity index (χ4v) is 4.77. The number of hydrogen-bond acceptors (Lipinski definition) is 9. The second-order valence-corrected chi connectivity index (χ2v) is 10.5. The maximum absolute atomic E-state index is 13.5. The van der Waals surface area contributed by atoms with Crippen molar-refractivity contribution in [2.75, 3.05) is 12.4 Å². The quantitative estimate of drug-likeness (QED) is 0.263. The number of benzene rings is 2. The van der Waals surface area contributed by atoms with Crippen LogP contribution in [0.1, 0.15) is 48.8 Å². The number of Topliss-reactive ketones (excluding diaryl/α,β-unsaturated/α-hetero) is 1. The monoisotopic (exact) mass is 588 g/mol. The molecule has 1 atom stereocenters. The summed E-state index contributed by atoms with van der Waals surface area (Å²) in [6.07, 6.45) is 1.71. The summed E-state index contributed by atoms with van der Waals surface area (Å²) in [6, 6.07) is 13.7. The molecule has 1 saturated carbocycles. The van der Waals surface area contributed by atoms with Gasteiger partial charge in [-0.15, -0.1) is 10.2 Å².